The number of fused-ring (bicyclic) bond motifs is 1. The molecule has 0 aliphatic carbocycles. The molecule has 22 heavy (non-hydrogen) atoms. The third-order valence-electron chi connectivity index (χ3n) is 2.72. The summed E-state index contributed by atoms with van der Waals surface area (Å²) in [5.74, 6) is 0.225. The molecule has 2 aromatic rings. The van der Waals surface area contributed by atoms with E-state index in [9.17, 15) is 5.11 Å². The van der Waals surface area contributed by atoms with E-state index in [0.717, 1.165) is 6.92 Å². The predicted molar refractivity (Wildman–Crippen MR) is 83.6 cm³/mol. The van der Waals surface area contributed by atoms with Crippen molar-refractivity contribution in [2.45, 2.75) is 6.92 Å². The Labute approximate surface area is 132 Å². The second-order valence-electron chi connectivity index (χ2n) is 4.16. The van der Waals surface area contributed by atoms with Gasteiger partial charge in [0.05, 0.1) is 21.3 Å². The second-order valence-corrected chi connectivity index (χ2v) is 4.59. The molecule has 0 amide bonds. The number of ether oxygens (including phenoxy) is 3. The minimum atomic E-state index is -0.833. The van der Waals surface area contributed by atoms with Gasteiger partial charge < -0.3 is 24.4 Å². The van der Waals surface area contributed by atoms with Gasteiger partial charge in [-0.2, -0.15) is 0 Å². The first-order chi connectivity index (χ1) is 10.4. The molecule has 0 atom stereocenters. The smallest absolute Gasteiger partial charge is 0.300 e. The molecule has 0 aromatic heterocycles. The first-order valence-corrected chi connectivity index (χ1v) is 6.54. The number of halogens is 1. The molecule has 0 saturated heterocycles. The zero-order chi connectivity index (χ0) is 16.9. The number of benzene rings is 2. The third-order valence-corrected chi connectivity index (χ3v) is 2.96. The van der Waals surface area contributed by atoms with Crippen LogP contribution in [0.4, 0.5) is 0 Å². The SMILES string of the molecule is CC(=O)O.COc1c(OC)c(OC)c2cc(Cl)ccc2c1O. The lowest BCUT2D eigenvalue weighted by molar-refractivity contribution is -0.134. The van der Waals surface area contributed by atoms with Gasteiger partial charge in [-0.3, -0.25) is 4.79 Å². The first kappa shape index (κ1) is 17.7. The number of carbonyl (C=O) groups is 1. The first-order valence-electron chi connectivity index (χ1n) is 6.17. The van der Waals surface area contributed by atoms with E-state index in [4.69, 9.17) is 35.7 Å². The van der Waals surface area contributed by atoms with Crippen LogP contribution in [0.1, 0.15) is 6.92 Å². The van der Waals surface area contributed by atoms with Gasteiger partial charge in [-0.15, -0.1) is 0 Å². The van der Waals surface area contributed by atoms with Crippen LogP contribution < -0.4 is 14.2 Å². The highest BCUT2D eigenvalue weighted by molar-refractivity contribution is 6.31. The standard InChI is InChI=1S/C13H13ClO4.C2H4O2/c1-16-11-9-6-7(14)4-5-8(9)10(15)12(17-2)13(11)18-3;1-2(3)4/h4-6,15H,1-3H3;1H3,(H,3,4). The van der Waals surface area contributed by atoms with Crippen LogP contribution in [0.25, 0.3) is 10.8 Å². The summed E-state index contributed by atoms with van der Waals surface area (Å²) < 4.78 is 15.7. The van der Waals surface area contributed by atoms with Crippen LogP contribution in [0.5, 0.6) is 23.0 Å². The zero-order valence-electron chi connectivity index (χ0n) is 12.6. The largest absolute Gasteiger partial charge is 0.504 e. The van der Waals surface area contributed by atoms with Crippen molar-refractivity contribution in [3.63, 3.8) is 0 Å². The highest BCUT2D eigenvalue weighted by Gasteiger charge is 2.21. The molecule has 0 aliphatic heterocycles. The van der Waals surface area contributed by atoms with Gasteiger partial charge in [-0.1, -0.05) is 11.6 Å². The summed E-state index contributed by atoms with van der Waals surface area (Å²) in [6, 6.07) is 5.10. The Morgan fingerprint density at radius 3 is 1.95 bits per heavy atom. The molecule has 0 fully saturated rings. The quantitative estimate of drug-likeness (QED) is 0.899. The fourth-order valence-corrected chi connectivity index (χ4v) is 2.12. The number of aliphatic carboxylic acids is 1. The van der Waals surface area contributed by atoms with E-state index >= 15 is 0 Å². The Morgan fingerprint density at radius 1 is 1.00 bits per heavy atom. The van der Waals surface area contributed by atoms with E-state index in [1.807, 2.05) is 0 Å². The molecule has 120 valence electrons. The van der Waals surface area contributed by atoms with Crippen molar-refractivity contribution in [2.75, 3.05) is 21.3 Å². The van der Waals surface area contributed by atoms with Gasteiger partial charge in [0.1, 0.15) is 0 Å². The number of rotatable bonds is 3. The maximum atomic E-state index is 10.2. The topological polar surface area (TPSA) is 85.2 Å². The minimum Gasteiger partial charge on any atom is -0.504 e. The Kier molecular flexibility index (Phi) is 6.12. The molecule has 0 bridgehead atoms. The van der Waals surface area contributed by atoms with Gasteiger partial charge in [0.2, 0.25) is 11.5 Å². The summed E-state index contributed by atoms with van der Waals surface area (Å²) >= 11 is 5.96. The molecular formula is C15H17ClO6. The highest BCUT2D eigenvalue weighted by Crippen LogP contribution is 2.50. The average molecular weight is 329 g/mol. The number of carboxylic acid groups (broad SMARTS) is 1. The van der Waals surface area contributed by atoms with Crippen molar-refractivity contribution in [1.82, 2.24) is 0 Å². The van der Waals surface area contributed by atoms with E-state index in [0.29, 0.717) is 27.3 Å². The van der Waals surface area contributed by atoms with Crippen LogP contribution in [0, 0.1) is 0 Å². The van der Waals surface area contributed by atoms with E-state index in [1.165, 1.54) is 21.3 Å². The third kappa shape index (κ3) is 3.65. The van der Waals surface area contributed by atoms with Crippen LogP contribution in [0.3, 0.4) is 0 Å². The summed E-state index contributed by atoms with van der Waals surface area (Å²) in [5.41, 5.74) is 0. The number of phenols is 1. The van der Waals surface area contributed by atoms with Crippen molar-refractivity contribution in [3.05, 3.63) is 23.2 Å². The monoisotopic (exact) mass is 328 g/mol. The number of methoxy groups -OCH3 is 3. The van der Waals surface area contributed by atoms with Gasteiger partial charge >= 0.3 is 0 Å². The molecule has 0 unspecified atom stereocenters. The Balaban J connectivity index is 0.000000541. The Hall–Kier alpha value is -2.34. The second kappa shape index (κ2) is 7.61. The normalized spacial score (nSPS) is 9.68. The van der Waals surface area contributed by atoms with Crippen LogP contribution in [0.2, 0.25) is 5.02 Å². The maximum Gasteiger partial charge on any atom is 0.300 e. The summed E-state index contributed by atoms with van der Waals surface area (Å²) in [6.45, 7) is 1.08. The van der Waals surface area contributed by atoms with Crippen LogP contribution in [-0.4, -0.2) is 37.5 Å². The average Bonchev–Trinajstić information content (AvgIpc) is 2.46. The van der Waals surface area contributed by atoms with Gasteiger partial charge in [-0.05, 0) is 18.2 Å². The van der Waals surface area contributed by atoms with Crippen molar-refractivity contribution in [1.29, 1.82) is 0 Å². The summed E-state index contributed by atoms with van der Waals surface area (Å²) in [7, 11) is 4.46. The molecule has 6 nitrogen and oxygen atoms in total. The van der Waals surface area contributed by atoms with E-state index in [1.54, 1.807) is 18.2 Å². The Morgan fingerprint density at radius 2 is 1.50 bits per heavy atom. The fourth-order valence-electron chi connectivity index (χ4n) is 1.94. The summed E-state index contributed by atoms with van der Waals surface area (Å²) in [5, 5.41) is 19.4. The minimum absolute atomic E-state index is 0.00168. The van der Waals surface area contributed by atoms with Gasteiger partial charge in [-0.25, -0.2) is 0 Å². The van der Waals surface area contributed by atoms with Crippen molar-refractivity contribution in [2.24, 2.45) is 0 Å². The predicted octanol–water partition coefficient (Wildman–Crippen LogP) is 3.32. The number of hydrogen-bond donors (Lipinski definition) is 2. The van der Waals surface area contributed by atoms with Crippen LogP contribution in [-0.2, 0) is 4.79 Å². The Bertz CT molecular complexity index is 680. The lowest BCUT2D eigenvalue weighted by Gasteiger charge is -2.16. The van der Waals surface area contributed by atoms with Gasteiger partial charge in [0.15, 0.2) is 11.5 Å². The number of hydrogen-bond acceptors (Lipinski definition) is 5. The van der Waals surface area contributed by atoms with Crippen LogP contribution >= 0.6 is 11.6 Å². The van der Waals surface area contributed by atoms with Crippen molar-refractivity contribution in [3.8, 4) is 23.0 Å². The van der Waals surface area contributed by atoms with Gasteiger partial charge in [0.25, 0.3) is 5.97 Å². The van der Waals surface area contributed by atoms with E-state index < -0.39 is 5.97 Å². The molecule has 0 spiro atoms. The molecule has 0 heterocycles. The summed E-state index contributed by atoms with van der Waals surface area (Å²) in [6.07, 6.45) is 0. The maximum absolute atomic E-state index is 10.2. The molecule has 0 saturated carbocycles. The number of phenolic OH excluding ortho intramolecular Hbond substituents is 1. The molecule has 2 aromatic carbocycles. The number of aromatic hydroxyl groups is 1. The molecule has 7 heteroatoms. The summed E-state index contributed by atoms with van der Waals surface area (Å²) in [4.78, 5) is 9.00. The molecule has 0 aliphatic rings. The van der Waals surface area contributed by atoms with E-state index in [2.05, 4.69) is 0 Å². The lowest BCUT2D eigenvalue weighted by atomic mass is 10.1. The van der Waals surface area contributed by atoms with Crippen molar-refractivity contribution >= 4 is 28.3 Å². The molecule has 2 rings (SSSR count). The zero-order valence-corrected chi connectivity index (χ0v) is 13.4. The molecular weight excluding hydrogens is 312 g/mol. The van der Waals surface area contributed by atoms with Crippen molar-refractivity contribution < 1.29 is 29.2 Å². The lowest BCUT2D eigenvalue weighted by Crippen LogP contribution is -1.96. The van der Waals surface area contributed by atoms with Gasteiger partial charge in [0, 0.05) is 22.7 Å². The van der Waals surface area contributed by atoms with Crippen LogP contribution in [0.15, 0.2) is 18.2 Å². The highest BCUT2D eigenvalue weighted by atomic mass is 35.5. The number of carboxylic acids is 1. The molecule has 2 N–H and O–H groups in total. The fraction of sp³-hybridized carbons (Fsp3) is 0.267. The molecule has 0 radical (unpaired) electrons. The van der Waals surface area contributed by atoms with E-state index in [-0.39, 0.29) is 11.5 Å².